The molecule has 2 aromatic heterocycles. The number of carbonyl (C=O) groups excluding carboxylic acids is 1. The number of aromatic nitrogens is 2. The number of rotatable bonds is 10. The van der Waals surface area contributed by atoms with E-state index in [0.717, 1.165) is 37.4 Å². The molecule has 4 aromatic rings. The Balaban J connectivity index is 1.57. The van der Waals surface area contributed by atoms with Gasteiger partial charge < -0.3 is 19.3 Å². The van der Waals surface area contributed by atoms with Gasteiger partial charge in [0.15, 0.2) is 11.3 Å². The fourth-order valence-corrected chi connectivity index (χ4v) is 5.40. The maximum absolute atomic E-state index is 14.2. The lowest BCUT2D eigenvalue weighted by Crippen LogP contribution is -2.49. The van der Waals surface area contributed by atoms with Crippen molar-refractivity contribution in [1.82, 2.24) is 19.6 Å². The third-order valence-electron chi connectivity index (χ3n) is 7.68. The molecule has 9 nitrogen and oxygen atoms in total. The Morgan fingerprint density at radius 3 is 2.42 bits per heavy atom. The second-order valence-electron chi connectivity index (χ2n) is 10.8. The molecule has 43 heavy (non-hydrogen) atoms. The molecule has 1 fully saturated rings. The molecule has 3 heterocycles. The molecule has 11 heteroatoms. The summed E-state index contributed by atoms with van der Waals surface area (Å²) in [5, 5.41) is 2.82. The van der Waals surface area contributed by atoms with E-state index in [1.807, 2.05) is 54.0 Å². The summed E-state index contributed by atoms with van der Waals surface area (Å²) in [5.41, 5.74) is 2.95. The zero-order valence-corrected chi connectivity index (χ0v) is 25.7. The fraction of sp³-hybridized carbons (Fsp3) is 0.344. The predicted octanol–water partition coefficient (Wildman–Crippen LogP) is 4.59. The van der Waals surface area contributed by atoms with E-state index in [0.29, 0.717) is 22.9 Å². The van der Waals surface area contributed by atoms with Gasteiger partial charge in [0.2, 0.25) is 5.75 Å². The van der Waals surface area contributed by atoms with Crippen molar-refractivity contribution in [3.63, 3.8) is 0 Å². The minimum Gasteiger partial charge on any atom is -0.481 e. The van der Waals surface area contributed by atoms with Gasteiger partial charge in [-0.1, -0.05) is 54.4 Å². The summed E-state index contributed by atoms with van der Waals surface area (Å²) in [6.07, 6.45) is 3.74. The molecule has 0 unspecified atom stereocenters. The lowest BCUT2D eigenvalue weighted by molar-refractivity contribution is 0.0940. The van der Waals surface area contributed by atoms with Crippen molar-refractivity contribution in [2.45, 2.75) is 33.0 Å². The fourth-order valence-electron chi connectivity index (χ4n) is 5.07. The van der Waals surface area contributed by atoms with Crippen LogP contribution >= 0.6 is 11.9 Å². The molecular formula is C32H37FN6O3S. The van der Waals surface area contributed by atoms with Crippen LogP contribution in [0.4, 0.5) is 15.8 Å². The van der Waals surface area contributed by atoms with Gasteiger partial charge in [-0.3, -0.25) is 18.9 Å². The summed E-state index contributed by atoms with van der Waals surface area (Å²) >= 11 is 1.48. The number of benzene rings is 2. The SMILES string of the molecule is CSN(C)c1cc(N2CCN(C(C)C)CC2)cn2c(=O)c(OCc3ccccc3)c(C(=O)NCc3ccc(F)cc3)nc12. The van der Waals surface area contributed by atoms with Gasteiger partial charge in [-0.05, 0) is 43.2 Å². The largest absolute Gasteiger partial charge is 0.481 e. The molecule has 1 aliphatic rings. The topological polar surface area (TPSA) is 82.4 Å². The van der Waals surface area contributed by atoms with Crippen molar-refractivity contribution >= 4 is 34.9 Å². The zero-order valence-electron chi connectivity index (χ0n) is 24.9. The van der Waals surface area contributed by atoms with E-state index in [1.54, 1.807) is 18.3 Å². The second kappa shape index (κ2) is 13.5. The second-order valence-corrected chi connectivity index (χ2v) is 11.7. The van der Waals surface area contributed by atoms with E-state index >= 15 is 0 Å². The number of carbonyl (C=O) groups is 1. The highest BCUT2D eigenvalue weighted by Gasteiger charge is 2.26. The van der Waals surface area contributed by atoms with Crippen LogP contribution in [0.25, 0.3) is 5.65 Å². The minimum absolute atomic E-state index is 0.0937. The Morgan fingerprint density at radius 1 is 1.07 bits per heavy atom. The summed E-state index contributed by atoms with van der Waals surface area (Å²) in [6.45, 7) is 8.14. The van der Waals surface area contributed by atoms with Crippen molar-refractivity contribution in [1.29, 1.82) is 0 Å². The van der Waals surface area contributed by atoms with E-state index in [2.05, 4.69) is 29.0 Å². The van der Waals surface area contributed by atoms with E-state index < -0.39 is 11.5 Å². The number of amides is 1. The first-order chi connectivity index (χ1) is 20.7. The first kappa shape index (κ1) is 30.4. The first-order valence-electron chi connectivity index (χ1n) is 14.3. The molecule has 226 valence electrons. The number of pyridine rings is 1. The molecule has 0 bridgehead atoms. The number of nitrogens with zero attached hydrogens (tertiary/aromatic N) is 5. The van der Waals surface area contributed by atoms with E-state index in [-0.39, 0.29) is 30.4 Å². The Bertz CT molecular complexity index is 1620. The van der Waals surface area contributed by atoms with E-state index in [9.17, 15) is 14.0 Å². The first-order valence-corrected chi connectivity index (χ1v) is 15.5. The van der Waals surface area contributed by atoms with Gasteiger partial charge in [-0.25, -0.2) is 9.37 Å². The number of ether oxygens (including phenoxy) is 1. The Kier molecular flexibility index (Phi) is 9.52. The molecule has 0 atom stereocenters. The molecule has 1 aliphatic heterocycles. The maximum atomic E-state index is 14.2. The van der Waals surface area contributed by atoms with Crippen molar-refractivity contribution in [3.05, 3.63) is 99.9 Å². The average Bonchev–Trinajstić information content (AvgIpc) is 3.03. The summed E-state index contributed by atoms with van der Waals surface area (Å²) in [4.78, 5) is 37.2. The zero-order chi connectivity index (χ0) is 30.5. The molecule has 5 rings (SSSR count). The van der Waals surface area contributed by atoms with Crippen LogP contribution in [0.15, 0.2) is 71.7 Å². The highest BCUT2D eigenvalue weighted by atomic mass is 32.2. The van der Waals surface area contributed by atoms with Gasteiger partial charge in [0.25, 0.3) is 5.91 Å². The highest BCUT2D eigenvalue weighted by Crippen LogP contribution is 2.30. The van der Waals surface area contributed by atoms with Crippen LogP contribution in [0.5, 0.6) is 5.75 Å². The van der Waals surface area contributed by atoms with Crippen molar-refractivity contribution < 1.29 is 13.9 Å². The number of piperazine rings is 1. The van der Waals surface area contributed by atoms with E-state index in [1.165, 1.54) is 28.5 Å². The molecule has 0 saturated carbocycles. The van der Waals surface area contributed by atoms with Gasteiger partial charge in [0.05, 0.1) is 11.4 Å². The van der Waals surface area contributed by atoms with Crippen LogP contribution in [0.3, 0.4) is 0 Å². The maximum Gasteiger partial charge on any atom is 0.301 e. The third-order valence-corrected chi connectivity index (χ3v) is 8.42. The summed E-state index contributed by atoms with van der Waals surface area (Å²) in [5.74, 6) is -1.04. The van der Waals surface area contributed by atoms with Crippen molar-refractivity contribution in [2.75, 3.05) is 48.7 Å². The number of nitrogens with one attached hydrogen (secondary N) is 1. The number of anilines is 2. The van der Waals surface area contributed by atoms with Crippen LogP contribution in [-0.4, -0.2) is 65.7 Å². The van der Waals surface area contributed by atoms with E-state index in [4.69, 9.17) is 9.72 Å². The van der Waals surface area contributed by atoms with Crippen LogP contribution in [0.1, 0.15) is 35.5 Å². The van der Waals surface area contributed by atoms with Crippen molar-refractivity contribution in [3.8, 4) is 5.75 Å². The molecule has 1 N–H and O–H groups in total. The van der Waals surface area contributed by atoms with Gasteiger partial charge >= 0.3 is 5.56 Å². The molecule has 1 amide bonds. The smallest absolute Gasteiger partial charge is 0.301 e. The Morgan fingerprint density at radius 2 is 1.77 bits per heavy atom. The van der Waals surface area contributed by atoms with Gasteiger partial charge in [0.1, 0.15) is 12.4 Å². The summed E-state index contributed by atoms with van der Waals surface area (Å²) in [7, 11) is 1.90. The predicted molar refractivity (Wildman–Crippen MR) is 171 cm³/mol. The van der Waals surface area contributed by atoms with Gasteiger partial charge in [-0.15, -0.1) is 0 Å². The summed E-state index contributed by atoms with van der Waals surface area (Å²) < 4.78 is 22.9. The Labute approximate surface area is 255 Å². The minimum atomic E-state index is -0.557. The number of fused-ring (bicyclic) bond motifs is 1. The quantitative estimate of drug-likeness (QED) is 0.264. The molecule has 0 aliphatic carbocycles. The number of hydrogen-bond donors (Lipinski definition) is 1. The van der Waals surface area contributed by atoms with Crippen LogP contribution < -0.4 is 24.8 Å². The monoisotopic (exact) mass is 604 g/mol. The van der Waals surface area contributed by atoms with Gasteiger partial charge in [0, 0.05) is 58.3 Å². The molecule has 2 aromatic carbocycles. The average molecular weight is 605 g/mol. The van der Waals surface area contributed by atoms with Crippen LogP contribution in [0, 0.1) is 5.82 Å². The van der Waals surface area contributed by atoms with Crippen LogP contribution in [-0.2, 0) is 13.2 Å². The number of hydrogen-bond acceptors (Lipinski definition) is 8. The standard InChI is InChI=1S/C32H37FN6O3S/c1-22(2)37-14-16-38(17-15-37)26-18-27(36(3)43-4)30-35-28(31(40)34-19-23-10-12-25(33)13-11-23)29(32(41)39(30)20-26)42-21-24-8-6-5-7-9-24/h5-13,18,20,22H,14-17,19,21H2,1-4H3,(H,34,40). The summed E-state index contributed by atoms with van der Waals surface area (Å²) in [6, 6.07) is 17.8. The lowest BCUT2D eigenvalue weighted by Gasteiger charge is -2.38. The molecular weight excluding hydrogens is 567 g/mol. The molecule has 0 radical (unpaired) electrons. The Hall–Kier alpha value is -4.09. The highest BCUT2D eigenvalue weighted by molar-refractivity contribution is 7.99. The molecule has 0 spiro atoms. The van der Waals surface area contributed by atoms with Crippen molar-refractivity contribution in [2.24, 2.45) is 0 Å². The molecule has 1 saturated heterocycles. The van der Waals surface area contributed by atoms with Gasteiger partial charge in [-0.2, -0.15) is 0 Å². The van der Waals surface area contributed by atoms with Crippen LogP contribution in [0.2, 0.25) is 0 Å². The lowest BCUT2D eigenvalue weighted by atomic mass is 10.2. The third kappa shape index (κ3) is 6.94. The normalized spacial score (nSPS) is 13.9. The number of halogens is 1.